The molecule has 1 aliphatic carbocycles. The lowest BCUT2D eigenvalue weighted by atomic mass is 9.97. The topological polar surface area (TPSA) is 58.8 Å². The second-order valence-electron chi connectivity index (χ2n) is 7.06. The largest absolute Gasteiger partial charge is 0.379 e. The van der Waals surface area contributed by atoms with E-state index in [0.29, 0.717) is 17.5 Å². The average molecular weight is 319 g/mol. The number of likely N-dealkylation sites (tertiary alicyclic amines) is 1. The molecular weight excluding hydrogens is 294 g/mol. The molecule has 1 saturated carbocycles. The van der Waals surface area contributed by atoms with Gasteiger partial charge in [0.15, 0.2) is 5.69 Å². The quantitative estimate of drug-likeness (QED) is 0.846. The van der Waals surface area contributed by atoms with Gasteiger partial charge in [0, 0.05) is 44.7 Å². The molecule has 2 saturated heterocycles. The first kappa shape index (κ1) is 15.1. The molecule has 1 atom stereocenters. The summed E-state index contributed by atoms with van der Waals surface area (Å²) in [6.45, 7) is 6.43. The third kappa shape index (κ3) is 3.58. The Bertz CT molecular complexity index is 549. The number of rotatable bonds is 4. The van der Waals surface area contributed by atoms with E-state index in [4.69, 9.17) is 9.26 Å². The van der Waals surface area contributed by atoms with Gasteiger partial charge in [-0.1, -0.05) is 5.16 Å². The van der Waals surface area contributed by atoms with E-state index in [1.54, 1.807) is 0 Å². The van der Waals surface area contributed by atoms with Gasteiger partial charge in [0.05, 0.1) is 13.2 Å². The van der Waals surface area contributed by atoms with E-state index in [0.717, 1.165) is 71.0 Å². The molecular formula is C17H25N3O3. The molecule has 6 nitrogen and oxygen atoms in total. The first-order valence-electron chi connectivity index (χ1n) is 8.85. The van der Waals surface area contributed by atoms with Crippen molar-refractivity contribution in [1.29, 1.82) is 0 Å². The lowest BCUT2D eigenvalue weighted by molar-refractivity contribution is 0.0222. The Hall–Kier alpha value is -1.40. The van der Waals surface area contributed by atoms with Crippen LogP contribution in [0.1, 0.15) is 47.8 Å². The van der Waals surface area contributed by atoms with E-state index in [9.17, 15) is 4.79 Å². The van der Waals surface area contributed by atoms with Gasteiger partial charge in [0.2, 0.25) is 0 Å². The molecule has 4 rings (SSSR count). The van der Waals surface area contributed by atoms with E-state index in [1.165, 1.54) is 6.42 Å². The van der Waals surface area contributed by atoms with Crippen LogP contribution in [-0.2, 0) is 4.74 Å². The van der Waals surface area contributed by atoms with E-state index in [-0.39, 0.29) is 5.91 Å². The van der Waals surface area contributed by atoms with Crippen molar-refractivity contribution < 1.29 is 14.1 Å². The summed E-state index contributed by atoms with van der Waals surface area (Å²) in [4.78, 5) is 17.1. The second kappa shape index (κ2) is 6.61. The molecule has 0 spiro atoms. The van der Waals surface area contributed by atoms with E-state index < -0.39 is 0 Å². The number of hydrogen-bond donors (Lipinski definition) is 0. The van der Waals surface area contributed by atoms with Crippen LogP contribution < -0.4 is 0 Å². The number of carbonyl (C=O) groups excluding carboxylic acids is 1. The van der Waals surface area contributed by atoms with Crippen LogP contribution >= 0.6 is 0 Å². The first-order chi connectivity index (χ1) is 11.3. The highest BCUT2D eigenvalue weighted by Gasteiger charge is 2.31. The van der Waals surface area contributed by atoms with Gasteiger partial charge in [-0.05, 0) is 31.6 Å². The fourth-order valence-electron chi connectivity index (χ4n) is 3.66. The Morgan fingerprint density at radius 1 is 1.22 bits per heavy atom. The van der Waals surface area contributed by atoms with E-state index >= 15 is 0 Å². The molecule has 1 amide bonds. The number of morpholine rings is 1. The lowest BCUT2D eigenvalue weighted by Crippen LogP contribution is -2.46. The summed E-state index contributed by atoms with van der Waals surface area (Å²) >= 11 is 0. The van der Waals surface area contributed by atoms with Gasteiger partial charge in [-0.3, -0.25) is 9.69 Å². The number of aromatic nitrogens is 1. The predicted octanol–water partition coefficient (Wildman–Crippen LogP) is 1.74. The second-order valence-corrected chi connectivity index (χ2v) is 7.06. The van der Waals surface area contributed by atoms with Crippen molar-refractivity contribution in [2.75, 3.05) is 45.9 Å². The monoisotopic (exact) mass is 319 g/mol. The zero-order valence-corrected chi connectivity index (χ0v) is 13.6. The Kier molecular flexibility index (Phi) is 4.35. The summed E-state index contributed by atoms with van der Waals surface area (Å²) in [7, 11) is 0. The van der Waals surface area contributed by atoms with Gasteiger partial charge in [-0.15, -0.1) is 0 Å². The molecule has 6 heteroatoms. The number of piperidine rings is 1. The fraction of sp³-hybridized carbons (Fsp3) is 0.765. The van der Waals surface area contributed by atoms with Crippen molar-refractivity contribution in [3.05, 3.63) is 17.5 Å². The van der Waals surface area contributed by atoms with Crippen molar-refractivity contribution >= 4 is 5.91 Å². The molecule has 126 valence electrons. The molecule has 23 heavy (non-hydrogen) atoms. The van der Waals surface area contributed by atoms with Crippen LogP contribution in [0.2, 0.25) is 0 Å². The number of carbonyl (C=O) groups is 1. The first-order valence-corrected chi connectivity index (χ1v) is 8.85. The molecule has 1 aromatic heterocycles. The van der Waals surface area contributed by atoms with Gasteiger partial charge >= 0.3 is 0 Å². The maximum absolute atomic E-state index is 12.7. The molecule has 0 unspecified atom stereocenters. The van der Waals surface area contributed by atoms with Crippen molar-refractivity contribution in [3.8, 4) is 0 Å². The lowest BCUT2D eigenvalue weighted by Gasteiger charge is -2.36. The van der Waals surface area contributed by atoms with Gasteiger partial charge in [0.25, 0.3) is 5.91 Å². The van der Waals surface area contributed by atoms with Crippen LogP contribution in [0.5, 0.6) is 0 Å². The highest BCUT2D eigenvalue weighted by molar-refractivity contribution is 5.92. The Morgan fingerprint density at radius 3 is 2.83 bits per heavy atom. The molecule has 3 heterocycles. The molecule has 0 aromatic carbocycles. The number of amides is 1. The van der Waals surface area contributed by atoms with Crippen molar-refractivity contribution in [2.24, 2.45) is 5.92 Å². The van der Waals surface area contributed by atoms with Gasteiger partial charge in [-0.2, -0.15) is 0 Å². The third-order valence-electron chi connectivity index (χ3n) is 5.15. The molecule has 0 N–H and O–H groups in total. The van der Waals surface area contributed by atoms with Crippen molar-refractivity contribution in [3.63, 3.8) is 0 Å². The number of nitrogens with zero attached hydrogens (tertiary/aromatic N) is 3. The average Bonchev–Trinajstić information content (AvgIpc) is 3.33. The highest BCUT2D eigenvalue weighted by Crippen LogP contribution is 2.40. The summed E-state index contributed by atoms with van der Waals surface area (Å²) in [5, 5.41) is 4.00. The van der Waals surface area contributed by atoms with Crippen LogP contribution in [0, 0.1) is 5.92 Å². The zero-order chi connectivity index (χ0) is 15.6. The third-order valence-corrected chi connectivity index (χ3v) is 5.15. The summed E-state index contributed by atoms with van der Waals surface area (Å²) < 4.78 is 10.7. The SMILES string of the molecule is O=C(c1cc(C2CC2)on1)N1CCC[C@@H](CN2CCOCC2)C1. The zero-order valence-electron chi connectivity index (χ0n) is 13.6. The van der Waals surface area contributed by atoms with Crippen LogP contribution in [0.25, 0.3) is 0 Å². The molecule has 0 bridgehead atoms. The van der Waals surface area contributed by atoms with E-state index in [1.807, 2.05) is 11.0 Å². The van der Waals surface area contributed by atoms with E-state index in [2.05, 4.69) is 10.1 Å². The maximum Gasteiger partial charge on any atom is 0.276 e. The minimum atomic E-state index is 0.0346. The van der Waals surface area contributed by atoms with Crippen LogP contribution in [0.15, 0.2) is 10.6 Å². The summed E-state index contributed by atoms with van der Waals surface area (Å²) in [6.07, 6.45) is 4.60. The standard InChI is InChI=1S/C17H25N3O3/c21-17(15-10-16(23-18-15)14-3-4-14)20-5-1-2-13(12-20)11-19-6-8-22-9-7-19/h10,13-14H,1-9,11-12H2/t13-/m0/s1. The Balaban J connectivity index is 1.34. The summed E-state index contributed by atoms with van der Waals surface area (Å²) in [5.41, 5.74) is 0.485. The van der Waals surface area contributed by atoms with Gasteiger partial charge in [0.1, 0.15) is 5.76 Å². The number of hydrogen-bond acceptors (Lipinski definition) is 5. The Labute approximate surface area is 136 Å². The number of ether oxygens (including phenoxy) is 1. The predicted molar refractivity (Wildman–Crippen MR) is 84.4 cm³/mol. The smallest absolute Gasteiger partial charge is 0.276 e. The molecule has 2 aliphatic heterocycles. The minimum Gasteiger partial charge on any atom is -0.379 e. The highest BCUT2D eigenvalue weighted by atomic mass is 16.5. The van der Waals surface area contributed by atoms with Crippen LogP contribution in [0.4, 0.5) is 0 Å². The van der Waals surface area contributed by atoms with Crippen molar-refractivity contribution in [2.45, 2.75) is 31.6 Å². The summed E-state index contributed by atoms with van der Waals surface area (Å²) in [6, 6.07) is 1.85. The maximum atomic E-state index is 12.7. The Morgan fingerprint density at radius 2 is 2.04 bits per heavy atom. The van der Waals surface area contributed by atoms with Gasteiger partial charge in [-0.25, -0.2) is 0 Å². The molecule has 0 radical (unpaired) electrons. The molecule has 3 fully saturated rings. The van der Waals surface area contributed by atoms with Crippen LogP contribution in [-0.4, -0.2) is 66.8 Å². The minimum absolute atomic E-state index is 0.0346. The molecule has 1 aromatic rings. The molecule has 3 aliphatic rings. The normalized spacial score (nSPS) is 26.4. The van der Waals surface area contributed by atoms with Crippen LogP contribution in [0.3, 0.4) is 0 Å². The summed E-state index contributed by atoms with van der Waals surface area (Å²) in [5.74, 6) is 1.97. The van der Waals surface area contributed by atoms with Gasteiger partial charge < -0.3 is 14.2 Å². The fourth-order valence-corrected chi connectivity index (χ4v) is 3.66. The van der Waals surface area contributed by atoms with Crippen molar-refractivity contribution in [1.82, 2.24) is 15.0 Å².